The van der Waals surface area contributed by atoms with Gasteiger partial charge in [0.25, 0.3) is 0 Å². The summed E-state index contributed by atoms with van der Waals surface area (Å²) in [4.78, 5) is 0. The van der Waals surface area contributed by atoms with Crippen LogP contribution < -0.4 is 0 Å². The lowest BCUT2D eigenvalue weighted by Gasteiger charge is -2.07. The number of rotatable bonds is 3. The van der Waals surface area contributed by atoms with Crippen LogP contribution in [-0.2, 0) is 6.42 Å². The average Bonchev–Trinajstić information content (AvgIpc) is 2.12. The Morgan fingerprint density at radius 3 is 2.23 bits per heavy atom. The summed E-state index contributed by atoms with van der Waals surface area (Å²) < 4.78 is 0. The second kappa shape index (κ2) is 4.00. The number of aliphatic hydroxyl groups is 1. The highest BCUT2D eigenvalue weighted by atomic mass is 16.3. The van der Waals surface area contributed by atoms with Gasteiger partial charge in [0.15, 0.2) is 11.5 Å². The van der Waals surface area contributed by atoms with Gasteiger partial charge in [-0.05, 0) is 25.0 Å². The van der Waals surface area contributed by atoms with Crippen molar-refractivity contribution in [2.24, 2.45) is 0 Å². The van der Waals surface area contributed by atoms with Crippen LogP contribution in [0.2, 0.25) is 0 Å². The molecule has 0 bridgehead atoms. The van der Waals surface area contributed by atoms with Crippen LogP contribution in [0.15, 0.2) is 12.1 Å². The SMILES string of the molecule is OCCCc1c(O)ccc(O)c1O. The molecule has 0 unspecified atom stereocenters. The summed E-state index contributed by atoms with van der Waals surface area (Å²) >= 11 is 0. The Morgan fingerprint density at radius 1 is 1.00 bits per heavy atom. The third kappa shape index (κ3) is 2.03. The van der Waals surface area contributed by atoms with Gasteiger partial charge in [-0.15, -0.1) is 0 Å². The van der Waals surface area contributed by atoms with Crippen LogP contribution in [-0.4, -0.2) is 27.0 Å². The molecule has 0 heterocycles. The lowest BCUT2D eigenvalue weighted by Crippen LogP contribution is -1.91. The first kappa shape index (κ1) is 9.67. The fraction of sp³-hybridized carbons (Fsp3) is 0.333. The van der Waals surface area contributed by atoms with E-state index in [1.54, 1.807) is 0 Å². The normalized spacial score (nSPS) is 10.2. The Kier molecular flexibility index (Phi) is 2.97. The zero-order valence-corrected chi connectivity index (χ0v) is 7.06. The third-order valence-corrected chi connectivity index (χ3v) is 1.82. The van der Waals surface area contributed by atoms with Crippen LogP contribution in [0.1, 0.15) is 12.0 Å². The summed E-state index contributed by atoms with van der Waals surface area (Å²) in [5.41, 5.74) is 0.272. The Balaban J connectivity index is 2.96. The van der Waals surface area contributed by atoms with Crippen molar-refractivity contribution in [2.75, 3.05) is 6.61 Å². The third-order valence-electron chi connectivity index (χ3n) is 1.82. The molecule has 4 N–H and O–H groups in total. The molecule has 1 aromatic rings. The molecule has 0 amide bonds. The van der Waals surface area contributed by atoms with Crippen LogP contribution in [0.5, 0.6) is 17.2 Å². The Morgan fingerprint density at radius 2 is 1.62 bits per heavy atom. The second-order valence-electron chi connectivity index (χ2n) is 2.76. The van der Waals surface area contributed by atoms with Crippen molar-refractivity contribution in [1.29, 1.82) is 0 Å². The maximum Gasteiger partial charge on any atom is 0.164 e. The lowest BCUT2D eigenvalue weighted by atomic mass is 10.1. The predicted molar refractivity (Wildman–Crippen MR) is 46.8 cm³/mol. The number of benzene rings is 1. The van der Waals surface area contributed by atoms with Gasteiger partial charge in [0.1, 0.15) is 5.75 Å². The quantitative estimate of drug-likeness (QED) is 0.412. The highest BCUT2D eigenvalue weighted by Crippen LogP contribution is 2.35. The molecule has 1 aromatic carbocycles. The summed E-state index contributed by atoms with van der Waals surface area (Å²) in [6.07, 6.45) is 0.771. The van der Waals surface area contributed by atoms with E-state index in [4.69, 9.17) is 10.2 Å². The summed E-state index contributed by atoms with van der Waals surface area (Å²) in [6.45, 7) is -0.0193. The van der Waals surface area contributed by atoms with Crippen LogP contribution >= 0.6 is 0 Å². The maximum absolute atomic E-state index is 9.31. The van der Waals surface area contributed by atoms with E-state index in [1.165, 1.54) is 12.1 Å². The van der Waals surface area contributed by atoms with Gasteiger partial charge < -0.3 is 20.4 Å². The Hall–Kier alpha value is -1.42. The van der Waals surface area contributed by atoms with E-state index in [0.717, 1.165) is 0 Å². The van der Waals surface area contributed by atoms with Gasteiger partial charge in [-0.2, -0.15) is 0 Å². The molecule has 0 aromatic heterocycles. The standard InChI is InChI=1S/C9H12O4/c10-5-1-2-6-7(11)3-4-8(12)9(6)13/h3-4,10-13H,1-2,5H2. The van der Waals surface area contributed by atoms with Gasteiger partial charge in [-0.3, -0.25) is 0 Å². The van der Waals surface area contributed by atoms with Gasteiger partial charge >= 0.3 is 0 Å². The largest absolute Gasteiger partial charge is 0.508 e. The van der Waals surface area contributed by atoms with Crippen molar-refractivity contribution in [1.82, 2.24) is 0 Å². The first-order valence-electron chi connectivity index (χ1n) is 4.00. The second-order valence-corrected chi connectivity index (χ2v) is 2.76. The van der Waals surface area contributed by atoms with Crippen molar-refractivity contribution in [3.05, 3.63) is 17.7 Å². The number of hydrogen-bond acceptors (Lipinski definition) is 4. The molecule has 0 saturated carbocycles. The van der Waals surface area contributed by atoms with Crippen molar-refractivity contribution in [3.63, 3.8) is 0 Å². The molecular weight excluding hydrogens is 172 g/mol. The van der Waals surface area contributed by atoms with Gasteiger partial charge in [-0.25, -0.2) is 0 Å². The summed E-state index contributed by atoms with van der Waals surface area (Å²) in [5.74, 6) is -0.636. The first-order chi connectivity index (χ1) is 6.16. The Bertz CT molecular complexity index is 296. The molecule has 72 valence electrons. The molecule has 4 nitrogen and oxygen atoms in total. The van der Waals surface area contributed by atoms with E-state index in [2.05, 4.69) is 0 Å². The van der Waals surface area contributed by atoms with Crippen molar-refractivity contribution in [3.8, 4) is 17.2 Å². The fourth-order valence-electron chi connectivity index (χ4n) is 1.12. The molecule has 0 aliphatic heterocycles. The molecule has 0 atom stereocenters. The number of aliphatic hydroxyl groups excluding tert-OH is 1. The number of phenols is 3. The summed E-state index contributed by atoms with van der Waals surface area (Å²) in [5, 5.41) is 36.3. The molecular formula is C9H12O4. The van der Waals surface area contributed by atoms with E-state index < -0.39 is 0 Å². The summed E-state index contributed by atoms with van der Waals surface area (Å²) in [6, 6.07) is 2.52. The van der Waals surface area contributed by atoms with E-state index in [9.17, 15) is 10.2 Å². The molecule has 0 aliphatic carbocycles. The highest BCUT2D eigenvalue weighted by molar-refractivity contribution is 5.51. The van der Waals surface area contributed by atoms with Crippen molar-refractivity contribution >= 4 is 0 Å². The van der Waals surface area contributed by atoms with Crippen LogP contribution in [0.25, 0.3) is 0 Å². The van der Waals surface area contributed by atoms with Gasteiger partial charge in [0.2, 0.25) is 0 Å². The first-order valence-corrected chi connectivity index (χ1v) is 4.00. The van der Waals surface area contributed by atoms with E-state index >= 15 is 0 Å². The van der Waals surface area contributed by atoms with Gasteiger partial charge in [-0.1, -0.05) is 0 Å². The monoisotopic (exact) mass is 184 g/mol. The molecule has 0 aliphatic rings. The van der Waals surface area contributed by atoms with Crippen LogP contribution in [0.4, 0.5) is 0 Å². The Labute approximate surface area is 75.7 Å². The van der Waals surface area contributed by atoms with Crippen molar-refractivity contribution < 1.29 is 20.4 Å². The zero-order chi connectivity index (χ0) is 9.84. The number of phenolic OH excluding ortho intramolecular Hbond substituents is 3. The van der Waals surface area contributed by atoms with E-state index in [1.807, 2.05) is 0 Å². The highest BCUT2D eigenvalue weighted by Gasteiger charge is 2.10. The minimum atomic E-state index is -0.312. The summed E-state index contributed by atoms with van der Waals surface area (Å²) in [7, 11) is 0. The smallest absolute Gasteiger partial charge is 0.164 e. The zero-order valence-electron chi connectivity index (χ0n) is 7.06. The predicted octanol–water partition coefficient (Wildman–Crippen LogP) is 0.728. The van der Waals surface area contributed by atoms with Crippen LogP contribution in [0, 0.1) is 0 Å². The van der Waals surface area contributed by atoms with Gasteiger partial charge in [0.05, 0.1) is 0 Å². The van der Waals surface area contributed by atoms with Crippen LogP contribution in [0.3, 0.4) is 0 Å². The maximum atomic E-state index is 9.31. The van der Waals surface area contributed by atoms with E-state index in [-0.39, 0.29) is 29.4 Å². The van der Waals surface area contributed by atoms with Gasteiger partial charge in [0, 0.05) is 12.2 Å². The lowest BCUT2D eigenvalue weighted by molar-refractivity contribution is 0.286. The minimum Gasteiger partial charge on any atom is -0.508 e. The number of aromatic hydroxyl groups is 3. The molecule has 0 fully saturated rings. The minimum absolute atomic E-state index is 0.0193. The fourth-order valence-corrected chi connectivity index (χ4v) is 1.12. The molecule has 0 spiro atoms. The average molecular weight is 184 g/mol. The van der Waals surface area contributed by atoms with Crippen molar-refractivity contribution in [2.45, 2.75) is 12.8 Å². The molecule has 1 rings (SSSR count). The topological polar surface area (TPSA) is 80.9 Å². The molecule has 0 radical (unpaired) electrons. The molecule has 0 saturated heterocycles. The number of hydrogen-bond donors (Lipinski definition) is 4. The molecule has 13 heavy (non-hydrogen) atoms. The molecule has 4 heteroatoms. The van der Waals surface area contributed by atoms with E-state index in [0.29, 0.717) is 12.8 Å².